The molecule has 2 heterocycles. The van der Waals surface area contributed by atoms with E-state index in [1.165, 1.54) is 6.08 Å². The van der Waals surface area contributed by atoms with Gasteiger partial charge in [-0.05, 0) is 29.8 Å². The van der Waals surface area contributed by atoms with Crippen molar-refractivity contribution in [2.45, 2.75) is 6.18 Å². The van der Waals surface area contributed by atoms with Gasteiger partial charge in [0.2, 0.25) is 0 Å². The van der Waals surface area contributed by atoms with Crippen LogP contribution in [0.1, 0.15) is 17.0 Å². The second-order valence-corrected chi connectivity index (χ2v) is 6.01. The van der Waals surface area contributed by atoms with E-state index in [2.05, 4.69) is 10.1 Å². The molecule has 140 valence electrons. The van der Waals surface area contributed by atoms with Crippen LogP contribution >= 0.6 is 0 Å². The monoisotopic (exact) mass is 383 g/mol. The SMILES string of the molecule is O=c1nc(C=Cc2ccc3noc(-c4ccccc4)c3c2)cc(C(F)(F)F)[nH]1. The second-order valence-electron chi connectivity index (χ2n) is 6.01. The Morgan fingerprint density at radius 3 is 2.54 bits per heavy atom. The van der Waals surface area contributed by atoms with Gasteiger partial charge in [-0.2, -0.15) is 18.2 Å². The molecule has 4 rings (SSSR count). The molecule has 0 bridgehead atoms. The van der Waals surface area contributed by atoms with Gasteiger partial charge in [-0.1, -0.05) is 47.6 Å². The standard InChI is InChI=1S/C20H12F3N3O2/c21-20(22,23)17-11-14(24-19(27)25-17)8-6-12-7-9-16-15(10-12)18(28-26-16)13-4-2-1-3-5-13/h1-11H,(H,24,25,27). The van der Waals surface area contributed by atoms with Crippen molar-refractivity contribution in [1.29, 1.82) is 0 Å². The molecule has 8 heteroatoms. The van der Waals surface area contributed by atoms with E-state index in [-0.39, 0.29) is 5.69 Å². The van der Waals surface area contributed by atoms with E-state index in [4.69, 9.17) is 4.52 Å². The molecular weight excluding hydrogens is 371 g/mol. The Morgan fingerprint density at radius 1 is 1.00 bits per heavy atom. The van der Waals surface area contributed by atoms with Crippen molar-refractivity contribution < 1.29 is 17.7 Å². The number of alkyl halides is 3. The number of rotatable bonds is 3. The molecule has 0 radical (unpaired) electrons. The second kappa shape index (κ2) is 6.80. The number of fused-ring (bicyclic) bond motifs is 1. The first-order chi connectivity index (χ1) is 13.4. The summed E-state index contributed by atoms with van der Waals surface area (Å²) in [6.07, 6.45) is -1.73. The largest absolute Gasteiger partial charge is 0.431 e. The van der Waals surface area contributed by atoms with E-state index in [9.17, 15) is 18.0 Å². The molecule has 0 unspecified atom stereocenters. The highest BCUT2D eigenvalue weighted by atomic mass is 19.4. The van der Waals surface area contributed by atoms with Crippen molar-refractivity contribution in [3.8, 4) is 11.3 Å². The Bertz CT molecular complexity index is 1220. The first-order valence-electron chi connectivity index (χ1n) is 8.22. The zero-order valence-electron chi connectivity index (χ0n) is 14.2. The van der Waals surface area contributed by atoms with Crippen LogP contribution < -0.4 is 5.69 Å². The fourth-order valence-electron chi connectivity index (χ4n) is 2.76. The zero-order chi connectivity index (χ0) is 19.7. The number of H-pyrrole nitrogens is 1. The zero-order valence-corrected chi connectivity index (χ0v) is 14.2. The van der Waals surface area contributed by atoms with Gasteiger partial charge in [0.05, 0.1) is 11.1 Å². The molecule has 28 heavy (non-hydrogen) atoms. The van der Waals surface area contributed by atoms with Crippen LogP contribution in [0.25, 0.3) is 34.4 Å². The number of nitrogens with one attached hydrogen (secondary N) is 1. The quantitative estimate of drug-likeness (QED) is 0.553. The van der Waals surface area contributed by atoms with Crippen molar-refractivity contribution in [3.63, 3.8) is 0 Å². The lowest BCUT2D eigenvalue weighted by atomic mass is 10.1. The predicted molar refractivity (Wildman–Crippen MR) is 98.2 cm³/mol. The highest BCUT2D eigenvalue weighted by Crippen LogP contribution is 2.30. The van der Waals surface area contributed by atoms with E-state index >= 15 is 0 Å². The Hall–Kier alpha value is -3.68. The number of halogens is 3. The van der Waals surface area contributed by atoms with Gasteiger partial charge in [0, 0.05) is 5.56 Å². The minimum absolute atomic E-state index is 0.0928. The molecular formula is C20H12F3N3O2. The van der Waals surface area contributed by atoms with Crippen LogP contribution in [0, 0.1) is 0 Å². The summed E-state index contributed by atoms with van der Waals surface area (Å²) in [4.78, 5) is 16.6. The Kier molecular flexibility index (Phi) is 4.31. The van der Waals surface area contributed by atoms with Crippen molar-refractivity contribution >= 4 is 23.1 Å². The molecule has 2 aromatic heterocycles. The smallest absolute Gasteiger partial charge is 0.355 e. The van der Waals surface area contributed by atoms with Gasteiger partial charge in [-0.25, -0.2) is 4.79 Å². The van der Waals surface area contributed by atoms with Gasteiger partial charge in [0.25, 0.3) is 0 Å². The molecule has 0 saturated heterocycles. The van der Waals surface area contributed by atoms with Gasteiger partial charge >= 0.3 is 11.9 Å². The number of aromatic amines is 1. The van der Waals surface area contributed by atoms with E-state index < -0.39 is 17.6 Å². The lowest BCUT2D eigenvalue weighted by Crippen LogP contribution is -2.19. The molecule has 0 aliphatic heterocycles. The molecule has 1 N–H and O–H groups in total. The maximum atomic E-state index is 12.8. The van der Waals surface area contributed by atoms with Crippen LogP contribution in [0.4, 0.5) is 13.2 Å². The summed E-state index contributed by atoms with van der Waals surface area (Å²) in [6.45, 7) is 0. The van der Waals surface area contributed by atoms with Crippen molar-refractivity contribution in [2.24, 2.45) is 0 Å². The number of hydrogen-bond donors (Lipinski definition) is 1. The van der Waals surface area contributed by atoms with E-state index in [1.54, 1.807) is 23.2 Å². The minimum atomic E-state index is -4.66. The molecule has 5 nitrogen and oxygen atoms in total. The molecule has 0 atom stereocenters. The molecule has 0 aliphatic carbocycles. The summed E-state index contributed by atoms with van der Waals surface area (Å²) < 4.78 is 43.9. The summed E-state index contributed by atoms with van der Waals surface area (Å²) in [5.74, 6) is 0.597. The molecule has 4 aromatic rings. The van der Waals surface area contributed by atoms with Crippen LogP contribution in [-0.4, -0.2) is 15.1 Å². The van der Waals surface area contributed by atoms with Gasteiger partial charge in [0.15, 0.2) is 5.76 Å². The number of aromatic nitrogens is 3. The van der Waals surface area contributed by atoms with Crippen molar-refractivity contribution in [2.75, 3.05) is 0 Å². The molecule has 0 aliphatic rings. The first-order valence-corrected chi connectivity index (χ1v) is 8.22. The number of benzene rings is 2. The number of nitrogens with zero attached hydrogens (tertiary/aromatic N) is 2. The molecule has 2 aromatic carbocycles. The molecule has 0 fully saturated rings. The third-order valence-corrected chi connectivity index (χ3v) is 4.05. The summed E-state index contributed by atoms with van der Waals surface area (Å²) in [6, 6.07) is 15.5. The Morgan fingerprint density at radius 2 is 1.79 bits per heavy atom. The minimum Gasteiger partial charge on any atom is -0.355 e. The highest BCUT2D eigenvalue weighted by Gasteiger charge is 2.32. The highest BCUT2D eigenvalue weighted by molar-refractivity contribution is 5.93. The van der Waals surface area contributed by atoms with Crippen LogP contribution in [0.5, 0.6) is 0 Å². The summed E-state index contributed by atoms with van der Waals surface area (Å²) in [5.41, 5.74) is -0.0847. The lowest BCUT2D eigenvalue weighted by Gasteiger charge is -2.05. The van der Waals surface area contributed by atoms with Gasteiger partial charge < -0.3 is 9.51 Å². The lowest BCUT2D eigenvalue weighted by molar-refractivity contribution is -0.141. The number of hydrogen-bond acceptors (Lipinski definition) is 4. The fourth-order valence-corrected chi connectivity index (χ4v) is 2.76. The van der Waals surface area contributed by atoms with Crippen LogP contribution in [-0.2, 0) is 6.18 Å². The van der Waals surface area contributed by atoms with Crippen molar-refractivity contribution in [3.05, 3.63) is 82.0 Å². The summed E-state index contributed by atoms with van der Waals surface area (Å²) >= 11 is 0. The van der Waals surface area contributed by atoms with Crippen molar-refractivity contribution in [1.82, 2.24) is 15.1 Å². The maximum absolute atomic E-state index is 12.8. The summed E-state index contributed by atoms with van der Waals surface area (Å²) in [5, 5.41) is 4.79. The average molecular weight is 383 g/mol. The first kappa shape index (κ1) is 17.7. The topological polar surface area (TPSA) is 71.8 Å². The normalized spacial score (nSPS) is 12.1. The predicted octanol–water partition coefficient (Wildman–Crippen LogP) is 4.77. The molecule has 0 spiro atoms. The van der Waals surface area contributed by atoms with Crippen LogP contribution in [0.3, 0.4) is 0 Å². The Balaban J connectivity index is 1.71. The van der Waals surface area contributed by atoms with E-state index in [1.807, 2.05) is 36.4 Å². The van der Waals surface area contributed by atoms with Crippen LogP contribution in [0.2, 0.25) is 0 Å². The van der Waals surface area contributed by atoms with E-state index in [0.717, 1.165) is 17.0 Å². The van der Waals surface area contributed by atoms with Gasteiger partial charge in [-0.3, -0.25) is 0 Å². The molecule has 0 saturated carbocycles. The van der Waals surface area contributed by atoms with Gasteiger partial charge in [0.1, 0.15) is 11.2 Å². The fraction of sp³-hybridized carbons (Fsp3) is 0.0500. The Labute approximate surface area is 156 Å². The van der Waals surface area contributed by atoms with E-state index in [0.29, 0.717) is 16.8 Å². The molecule has 0 amide bonds. The summed E-state index contributed by atoms with van der Waals surface area (Å²) in [7, 11) is 0. The van der Waals surface area contributed by atoms with Crippen LogP contribution in [0.15, 0.2) is 63.9 Å². The average Bonchev–Trinajstić information content (AvgIpc) is 3.09. The maximum Gasteiger partial charge on any atom is 0.431 e. The third-order valence-electron chi connectivity index (χ3n) is 4.05. The third kappa shape index (κ3) is 3.57. The van der Waals surface area contributed by atoms with Gasteiger partial charge in [-0.15, -0.1) is 0 Å².